The first kappa shape index (κ1) is 10.5. The van der Waals surface area contributed by atoms with Crippen molar-refractivity contribution in [3.63, 3.8) is 0 Å². The van der Waals surface area contributed by atoms with Gasteiger partial charge in [0.2, 0.25) is 0 Å². The van der Waals surface area contributed by atoms with Crippen molar-refractivity contribution in [3.8, 4) is 0 Å². The van der Waals surface area contributed by atoms with Crippen molar-refractivity contribution in [2.75, 3.05) is 11.1 Å². The third-order valence-electron chi connectivity index (χ3n) is 2.18. The lowest BCUT2D eigenvalue weighted by molar-refractivity contribution is 0.490. The summed E-state index contributed by atoms with van der Waals surface area (Å²) in [5.41, 5.74) is 6.58. The van der Waals surface area contributed by atoms with E-state index in [0.29, 0.717) is 17.9 Å². The summed E-state index contributed by atoms with van der Waals surface area (Å²) in [6.45, 7) is 2.39. The van der Waals surface area contributed by atoms with Crippen LogP contribution in [0.3, 0.4) is 0 Å². The number of furan rings is 1. The summed E-state index contributed by atoms with van der Waals surface area (Å²) in [7, 11) is 0. The van der Waals surface area contributed by atoms with E-state index < -0.39 is 0 Å². The van der Waals surface area contributed by atoms with E-state index in [1.54, 1.807) is 6.07 Å². The number of nitrogens with one attached hydrogen (secondary N) is 1. The number of halogens is 1. The first-order valence-corrected chi connectivity index (χ1v) is 4.99. The third kappa shape index (κ3) is 2.53. The Labute approximate surface area is 93.1 Å². The van der Waals surface area contributed by atoms with Gasteiger partial charge in [-0.05, 0) is 37.3 Å². The smallest absolute Gasteiger partial charge is 0.127 e. The summed E-state index contributed by atoms with van der Waals surface area (Å²) in [5.74, 6) is 1.31. The fraction of sp³-hybridized carbons (Fsp3) is 0.167. The molecule has 1 heterocycles. The van der Waals surface area contributed by atoms with Crippen LogP contribution in [0.5, 0.6) is 0 Å². The second-order valence-corrected chi connectivity index (χ2v) is 3.64. The molecule has 3 N–H and O–H groups in total. The number of hydrogen-bond donors (Lipinski definition) is 2. The Kier molecular flexibility index (Phi) is 2.81. The molecule has 0 atom stereocenters. The van der Waals surface area contributed by atoms with Gasteiger partial charge in [-0.3, -0.25) is 0 Å². The van der Waals surface area contributed by atoms with Crippen LogP contribution in [-0.2, 0) is 6.54 Å². The second kappa shape index (κ2) is 4.26. The van der Waals surface area contributed by atoms with Gasteiger partial charge in [0.05, 0.1) is 6.54 Å². The maximum Gasteiger partial charge on any atom is 0.127 e. The molecule has 0 bridgehead atoms. The molecule has 84 valence electrons. The fourth-order valence-corrected chi connectivity index (χ4v) is 1.48. The van der Waals surface area contributed by atoms with Crippen LogP contribution in [0.15, 0.2) is 34.7 Å². The molecule has 0 aliphatic heterocycles. The Hall–Kier alpha value is -1.97. The predicted octanol–water partition coefficient (Wildman–Crippen LogP) is 2.92. The Balaban J connectivity index is 2.04. The number of aryl methyl sites for hydroxylation is 1. The predicted molar refractivity (Wildman–Crippen MR) is 61.6 cm³/mol. The Morgan fingerprint density at radius 3 is 2.75 bits per heavy atom. The molecule has 0 radical (unpaired) electrons. The lowest BCUT2D eigenvalue weighted by Crippen LogP contribution is -1.99. The van der Waals surface area contributed by atoms with Gasteiger partial charge in [-0.1, -0.05) is 0 Å². The molecular formula is C12H13FN2O. The van der Waals surface area contributed by atoms with Crippen LogP contribution in [0, 0.1) is 12.7 Å². The molecule has 0 saturated carbocycles. The Bertz CT molecular complexity index is 473. The van der Waals surface area contributed by atoms with Crippen LogP contribution in [-0.4, -0.2) is 0 Å². The van der Waals surface area contributed by atoms with E-state index in [2.05, 4.69) is 5.32 Å². The largest absolute Gasteiger partial charge is 0.465 e. The van der Waals surface area contributed by atoms with Gasteiger partial charge in [0, 0.05) is 11.4 Å². The minimum atomic E-state index is -0.349. The average Bonchev–Trinajstić information content (AvgIpc) is 2.60. The zero-order chi connectivity index (χ0) is 11.5. The van der Waals surface area contributed by atoms with E-state index in [1.807, 2.05) is 19.1 Å². The molecule has 0 aliphatic rings. The van der Waals surface area contributed by atoms with Crippen LogP contribution in [0.25, 0.3) is 0 Å². The number of nitrogens with two attached hydrogens (primary N) is 1. The first-order valence-electron chi connectivity index (χ1n) is 4.99. The van der Waals surface area contributed by atoms with Crippen molar-refractivity contribution in [1.82, 2.24) is 0 Å². The van der Waals surface area contributed by atoms with Crippen LogP contribution in [0.4, 0.5) is 15.8 Å². The molecule has 0 spiro atoms. The monoisotopic (exact) mass is 220 g/mol. The number of anilines is 2. The molecule has 0 amide bonds. The summed E-state index contributed by atoms with van der Waals surface area (Å²) < 4.78 is 18.4. The zero-order valence-electron chi connectivity index (χ0n) is 8.96. The van der Waals surface area contributed by atoms with Crippen molar-refractivity contribution in [2.45, 2.75) is 13.5 Å². The van der Waals surface area contributed by atoms with Gasteiger partial charge >= 0.3 is 0 Å². The van der Waals surface area contributed by atoms with Crippen molar-refractivity contribution < 1.29 is 8.81 Å². The third-order valence-corrected chi connectivity index (χ3v) is 2.18. The van der Waals surface area contributed by atoms with E-state index >= 15 is 0 Å². The molecule has 16 heavy (non-hydrogen) atoms. The van der Waals surface area contributed by atoms with Crippen molar-refractivity contribution in [3.05, 3.63) is 47.7 Å². The minimum Gasteiger partial charge on any atom is -0.465 e. The summed E-state index contributed by atoms with van der Waals surface area (Å²) >= 11 is 0. The van der Waals surface area contributed by atoms with Gasteiger partial charge < -0.3 is 15.5 Å². The molecule has 3 nitrogen and oxygen atoms in total. The SMILES string of the molecule is Cc1ccc(CNc2cc(N)cc(F)c2)o1. The maximum absolute atomic E-state index is 13.0. The van der Waals surface area contributed by atoms with Gasteiger partial charge in [0.25, 0.3) is 0 Å². The molecule has 1 aromatic heterocycles. The minimum absolute atomic E-state index is 0.349. The van der Waals surface area contributed by atoms with E-state index in [1.165, 1.54) is 12.1 Å². The molecule has 2 aromatic rings. The van der Waals surface area contributed by atoms with Crippen LogP contribution in [0.1, 0.15) is 11.5 Å². The van der Waals surface area contributed by atoms with E-state index in [9.17, 15) is 4.39 Å². The summed E-state index contributed by atoms with van der Waals surface area (Å²) in [6.07, 6.45) is 0. The van der Waals surface area contributed by atoms with Crippen LogP contribution < -0.4 is 11.1 Å². The molecular weight excluding hydrogens is 207 g/mol. The van der Waals surface area contributed by atoms with E-state index in [-0.39, 0.29) is 5.82 Å². The van der Waals surface area contributed by atoms with Crippen molar-refractivity contribution in [2.24, 2.45) is 0 Å². The molecule has 0 aliphatic carbocycles. The van der Waals surface area contributed by atoms with Gasteiger partial charge in [-0.15, -0.1) is 0 Å². The summed E-state index contributed by atoms with van der Waals surface area (Å²) in [4.78, 5) is 0. The number of nitrogen functional groups attached to an aromatic ring is 1. The van der Waals surface area contributed by atoms with Gasteiger partial charge in [0.1, 0.15) is 17.3 Å². The van der Waals surface area contributed by atoms with Crippen LogP contribution >= 0.6 is 0 Å². The standard InChI is InChI=1S/C12H13FN2O/c1-8-2-3-12(16-8)7-15-11-5-9(13)4-10(14)6-11/h2-6,15H,7,14H2,1H3. The van der Waals surface area contributed by atoms with Crippen molar-refractivity contribution >= 4 is 11.4 Å². The maximum atomic E-state index is 13.0. The lowest BCUT2D eigenvalue weighted by atomic mass is 10.2. The molecule has 2 rings (SSSR count). The normalized spacial score (nSPS) is 10.4. The summed E-state index contributed by atoms with van der Waals surface area (Å²) in [6, 6.07) is 8.12. The fourth-order valence-electron chi connectivity index (χ4n) is 1.48. The highest BCUT2D eigenvalue weighted by Crippen LogP contribution is 2.16. The van der Waals surface area contributed by atoms with Gasteiger partial charge in [0.15, 0.2) is 0 Å². The second-order valence-electron chi connectivity index (χ2n) is 3.64. The summed E-state index contributed by atoms with van der Waals surface area (Å²) in [5, 5.41) is 3.04. The highest BCUT2D eigenvalue weighted by atomic mass is 19.1. The lowest BCUT2D eigenvalue weighted by Gasteiger charge is -2.05. The quantitative estimate of drug-likeness (QED) is 0.782. The van der Waals surface area contributed by atoms with Gasteiger partial charge in [-0.2, -0.15) is 0 Å². The number of rotatable bonds is 3. The molecule has 4 heteroatoms. The highest BCUT2D eigenvalue weighted by molar-refractivity contribution is 5.54. The first-order chi connectivity index (χ1) is 7.63. The van der Waals surface area contributed by atoms with Gasteiger partial charge in [-0.25, -0.2) is 4.39 Å². The average molecular weight is 220 g/mol. The molecule has 0 fully saturated rings. The highest BCUT2D eigenvalue weighted by Gasteiger charge is 2.01. The van der Waals surface area contributed by atoms with E-state index in [4.69, 9.17) is 10.2 Å². The van der Waals surface area contributed by atoms with E-state index in [0.717, 1.165) is 11.5 Å². The molecule has 1 aromatic carbocycles. The molecule has 0 unspecified atom stereocenters. The van der Waals surface area contributed by atoms with Crippen molar-refractivity contribution in [1.29, 1.82) is 0 Å². The number of hydrogen-bond acceptors (Lipinski definition) is 3. The molecule has 0 saturated heterocycles. The number of benzene rings is 1. The Morgan fingerprint density at radius 1 is 1.31 bits per heavy atom. The topological polar surface area (TPSA) is 51.2 Å². The zero-order valence-corrected chi connectivity index (χ0v) is 8.96. The Morgan fingerprint density at radius 2 is 2.12 bits per heavy atom. The van der Waals surface area contributed by atoms with Crippen LogP contribution in [0.2, 0.25) is 0 Å².